The van der Waals surface area contributed by atoms with Crippen LogP contribution in [0.2, 0.25) is 0 Å². The molecule has 1 aliphatic heterocycles. The number of amides is 1. The van der Waals surface area contributed by atoms with Crippen LogP contribution in [-0.2, 0) is 9.59 Å². The molecule has 1 aliphatic carbocycles. The van der Waals surface area contributed by atoms with Gasteiger partial charge in [-0.25, -0.2) is 5.01 Å². The highest BCUT2D eigenvalue weighted by molar-refractivity contribution is 5.81. The number of nitrogens with zero attached hydrogens (tertiary/aromatic N) is 2. The Bertz CT molecular complexity index is 284. The molecule has 0 bridgehead atoms. The van der Waals surface area contributed by atoms with Gasteiger partial charge >= 0.3 is 0 Å². The number of hydrogen-bond donors (Lipinski definition) is 0. The lowest BCUT2D eigenvalue weighted by molar-refractivity contribution is -0.138. The maximum atomic E-state index is 11.6. The van der Waals surface area contributed by atoms with E-state index in [-0.39, 0.29) is 17.2 Å². The van der Waals surface area contributed by atoms with Crippen molar-refractivity contribution in [2.24, 2.45) is 0 Å². The van der Waals surface area contributed by atoms with Gasteiger partial charge in [-0.1, -0.05) is 0 Å². The summed E-state index contributed by atoms with van der Waals surface area (Å²) in [5.74, 6) is 0.314. The second kappa shape index (κ2) is 3.05. The Balaban J connectivity index is 1.98. The molecule has 4 heteroatoms. The number of ketones is 1. The van der Waals surface area contributed by atoms with Crippen molar-refractivity contribution in [3.8, 4) is 0 Å². The normalized spacial score (nSPS) is 24.7. The lowest BCUT2D eigenvalue weighted by Gasteiger charge is -2.27. The number of hydrogen-bond acceptors (Lipinski definition) is 3. The van der Waals surface area contributed by atoms with Crippen molar-refractivity contribution in [3.63, 3.8) is 0 Å². The zero-order valence-corrected chi connectivity index (χ0v) is 8.75. The first-order valence-electron chi connectivity index (χ1n) is 5.09. The van der Waals surface area contributed by atoms with Crippen molar-refractivity contribution in [1.82, 2.24) is 10.0 Å². The quantitative estimate of drug-likeness (QED) is 0.663. The first-order chi connectivity index (χ1) is 6.55. The largest absolute Gasteiger partial charge is 0.300 e. The molecule has 0 unspecified atom stereocenters. The standard InChI is InChI=1S/C10H16N2O2/c1-8(13)3-6-12-9(14)7-10(4-5-10)11(12)2/h3-7H2,1-2H3. The van der Waals surface area contributed by atoms with Gasteiger partial charge in [0.25, 0.3) is 0 Å². The van der Waals surface area contributed by atoms with Crippen LogP contribution in [0.5, 0.6) is 0 Å². The number of hydrazine groups is 1. The first kappa shape index (κ1) is 9.65. The molecule has 0 aromatic heterocycles. The van der Waals surface area contributed by atoms with Gasteiger partial charge in [-0.15, -0.1) is 0 Å². The van der Waals surface area contributed by atoms with Gasteiger partial charge in [-0.2, -0.15) is 0 Å². The Morgan fingerprint density at radius 3 is 2.57 bits per heavy atom. The summed E-state index contributed by atoms with van der Waals surface area (Å²) in [4.78, 5) is 22.5. The molecule has 14 heavy (non-hydrogen) atoms. The fourth-order valence-electron chi connectivity index (χ4n) is 2.09. The lowest BCUT2D eigenvalue weighted by atomic mass is 10.2. The summed E-state index contributed by atoms with van der Waals surface area (Å²) in [6, 6.07) is 0. The van der Waals surface area contributed by atoms with E-state index in [2.05, 4.69) is 0 Å². The Kier molecular flexibility index (Phi) is 2.10. The molecule has 78 valence electrons. The smallest absolute Gasteiger partial charge is 0.238 e. The monoisotopic (exact) mass is 196 g/mol. The van der Waals surface area contributed by atoms with Gasteiger partial charge < -0.3 is 0 Å². The molecule has 1 heterocycles. The van der Waals surface area contributed by atoms with Crippen molar-refractivity contribution < 1.29 is 9.59 Å². The minimum atomic E-state index is 0.133. The van der Waals surface area contributed by atoms with E-state index in [4.69, 9.17) is 0 Å². The van der Waals surface area contributed by atoms with E-state index in [1.54, 1.807) is 11.9 Å². The van der Waals surface area contributed by atoms with Crippen molar-refractivity contribution in [2.45, 2.75) is 38.1 Å². The van der Waals surface area contributed by atoms with Gasteiger partial charge in [0.05, 0.1) is 0 Å². The molecule has 0 aromatic carbocycles. The van der Waals surface area contributed by atoms with E-state index >= 15 is 0 Å². The molecule has 2 aliphatic rings. The summed E-state index contributed by atoms with van der Waals surface area (Å²) in [5.41, 5.74) is 0.133. The van der Waals surface area contributed by atoms with Gasteiger partial charge in [0.1, 0.15) is 5.78 Å². The van der Waals surface area contributed by atoms with Crippen LogP contribution in [0, 0.1) is 0 Å². The minimum absolute atomic E-state index is 0.133. The van der Waals surface area contributed by atoms with Crippen molar-refractivity contribution in [3.05, 3.63) is 0 Å². The minimum Gasteiger partial charge on any atom is -0.300 e. The summed E-state index contributed by atoms with van der Waals surface area (Å²) in [7, 11) is 1.96. The third kappa shape index (κ3) is 1.43. The number of carbonyl (C=O) groups excluding carboxylic acids is 2. The summed E-state index contributed by atoms with van der Waals surface area (Å²) in [6.07, 6.45) is 3.34. The summed E-state index contributed by atoms with van der Waals surface area (Å²) in [6.45, 7) is 2.11. The molecule has 1 amide bonds. The van der Waals surface area contributed by atoms with Crippen LogP contribution in [0.3, 0.4) is 0 Å². The van der Waals surface area contributed by atoms with E-state index in [0.29, 0.717) is 19.4 Å². The molecule has 0 N–H and O–H groups in total. The van der Waals surface area contributed by atoms with Crippen molar-refractivity contribution in [2.75, 3.05) is 13.6 Å². The number of rotatable bonds is 3. The summed E-state index contributed by atoms with van der Waals surface area (Å²) < 4.78 is 0. The molecule has 0 radical (unpaired) electrons. The number of carbonyl (C=O) groups is 2. The molecule has 1 saturated carbocycles. The highest BCUT2D eigenvalue weighted by atomic mass is 16.2. The highest BCUT2D eigenvalue weighted by Crippen LogP contribution is 2.48. The first-order valence-corrected chi connectivity index (χ1v) is 5.09. The SMILES string of the molecule is CC(=O)CCN1C(=O)CC2(CC2)N1C. The average Bonchev–Trinajstić information content (AvgIpc) is 2.80. The highest BCUT2D eigenvalue weighted by Gasteiger charge is 2.55. The third-order valence-corrected chi connectivity index (χ3v) is 3.32. The Morgan fingerprint density at radius 2 is 2.14 bits per heavy atom. The average molecular weight is 196 g/mol. The van der Waals surface area contributed by atoms with E-state index in [1.165, 1.54) is 0 Å². The molecule has 0 aromatic rings. The van der Waals surface area contributed by atoms with E-state index < -0.39 is 0 Å². The van der Waals surface area contributed by atoms with E-state index in [9.17, 15) is 9.59 Å². The lowest BCUT2D eigenvalue weighted by Crippen LogP contribution is -2.41. The third-order valence-electron chi connectivity index (χ3n) is 3.32. The van der Waals surface area contributed by atoms with Crippen LogP contribution in [0.1, 0.15) is 32.6 Å². The van der Waals surface area contributed by atoms with Crippen LogP contribution in [0.15, 0.2) is 0 Å². The molecule has 0 atom stereocenters. The molecular formula is C10H16N2O2. The van der Waals surface area contributed by atoms with Crippen molar-refractivity contribution in [1.29, 1.82) is 0 Å². The van der Waals surface area contributed by atoms with Gasteiger partial charge in [0.2, 0.25) is 5.91 Å². The second-order valence-electron chi connectivity index (χ2n) is 4.39. The van der Waals surface area contributed by atoms with Gasteiger partial charge in [-0.05, 0) is 19.8 Å². The zero-order chi connectivity index (χ0) is 10.3. The summed E-state index contributed by atoms with van der Waals surface area (Å²) >= 11 is 0. The van der Waals surface area contributed by atoms with E-state index in [1.807, 2.05) is 12.1 Å². The number of Topliss-reactive ketones (excluding diaryl/α,β-unsaturated/α-hetero) is 1. The van der Waals surface area contributed by atoms with Gasteiger partial charge in [0.15, 0.2) is 0 Å². The predicted octanol–water partition coefficient (Wildman–Crippen LogP) is 0.577. The maximum absolute atomic E-state index is 11.6. The van der Waals surface area contributed by atoms with E-state index in [0.717, 1.165) is 12.8 Å². The van der Waals surface area contributed by atoms with Crippen LogP contribution in [0.25, 0.3) is 0 Å². The van der Waals surface area contributed by atoms with Crippen LogP contribution < -0.4 is 0 Å². The second-order valence-corrected chi connectivity index (χ2v) is 4.39. The Morgan fingerprint density at radius 1 is 1.50 bits per heavy atom. The molecular weight excluding hydrogens is 180 g/mol. The Hall–Kier alpha value is -0.900. The molecule has 1 spiro atoms. The topological polar surface area (TPSA) is 40.6 Å². The summed E-state index contributed by atoms with van der Waals surface area (Å²) in [5, 5.41) is 3.77. The van der Waals surface area contributed by atoms with Gasteiger partial charge in [-0.3, -0.25) is 14.6 Å². The van der Waals surface area contributed by atoms with Crippen LogP contribution in [0.4, 0.5) is 0 Å². The fraction of sp³-hybridized carbons (Fsp3) is 0.800. The molecule has 1 saturated heterocycles. The maximum Gasteiger partial charge on any atom is 0.238 e. The molecule has 2 rings (SSSR count). The van der Waals surface area contributed by atoms with Crippen LogP contribution in [-0.4, -0.2) is 40.8 Å². The predicted molar refractivity (Wildman–Crippen MR) is 51.4 cm³/mol. The van der Waals surface area contributed by atoms with Gasteiger partial charge in [0, 0.05) is 32.0 Å². The zero-order valence-electron chi connectivity index (χ0n) is 8.75. The molecule has 4 nitrogen and oxygen atoms in total. The Labute approximate surface area is 83.8 Å². The van der Waals surface area contributed by atoms with Crippen molar-refractivity contribution >= 4 is 11.7 Å². The fourth-order valence-corrected chi connectivity index (χ4v) is 2.09. The van der Waals surface area contributed by atoms with Crippen LogP contribution >= 0.6 is 0 Å². The molecule has 2 fully saturated rings.